The molecule has 2 aromatic rings. The molecule has 0 fully saturated rings. The molecular formula is C21H23N3O6. The number of carbonyl (C=O) groups excluding carboxylic acids is 2. The molecule has 9 nitrogen and oxygen atoms in total. The highest BCUT2D eigenvalue weighted by molar-refractivity contribution is 6.08. The number of nitro benzene ring substituents is 1. The number of fused-ring (bicyclic) bond motifs is 1. The highest BCUT2D eigenvalue weighted by Crippen LogP contribution is 2.35. The van der Waals surface area contributed by atoms with E-state index < -0.39 is 10.8 Å². The van der Waals surface area contributed by atoms with Crippen LogP contribution in [0.3, 0.4) is 0 Å². The predicted molar refractivity (Wildman–Crippen MR) is 112 cm³/mol. The number of anilines is 2. The summed E-state index contributed by atoms with van der Waals surface area (Å²) < 4.78 is 10.3. The minimum atomic E-state index is -0.641. The van der Waals surface area contributed by atoms with Gasteiger partial charge in [0.05, 0.1) is 25.2 Å². The largest absolute Gasteiger partial charge is 0.493 e. The van der Waals surface area contributed by atoms with E-state index in [1.807, 2.05) is 6.92 Å². The number of benzene rings is 2. The minimum absolute atomic E-state index is 0.0853. The van der Waals surface area contributed by atoms with Gasteiger partial charge in [0, 0.05) is 30.4 Å². The zero-order valence-corrected chi connectivity index (χ0v) is 17.1. The molecule has 0 aromatic heterocycles. The fourth-order valence-electron chi connectivity index (χ4n) is 3.51. The molecule has 158 valence electrons. The summed E-state index contributed by atoms with van der Waals surface area (Å²) >= 11 is 0. The quantitative estimate of drug-likeness (QED) is 0.549. The second-order valence-electron chi connectivity index (χ2n) is 6.82. The van der Waals surface area contributed by atoms with Crippen molar-refractivity contribution >= 4 is 28.9 Å². The molecule has 0 spiro atoms. The van der Waals surface area contributed by atoms with Crippen LogP contribution in [0.1, 0.15) is 35.7 Å². The zero-order valence-electron chi connectivity index (χ0n) is 17.1. The molecule has 2 amide bonds. The van der Waals surface area contributed by atoms with Crippen LogP contribution in [0.15, 0.2) is 30.3 Å². The van der Waals surface area contributed by atoms with Gasteiger partial charge in [-0.3, -0.25) is 19.7 Å². The Hall–Kier alpha value is -3.62. The lowest BCUT2D eigenvalue weighted by atomic mass is 10.00. The number of hydrogen-bond donors (Lipinski definition) is 1. The van der Waals surface area contributed by atoms with E-state index in [1.54, 1.807) is 23.1 Å². The van der Waals surface area contributed by atoms with Crippen molar-refractivity contribution in [2.24, 2.45) is 0 Å². The van der Waals surface area contributed by atoms with Gasteiger partial charge in [0.2, 0.25) is 5.91 Å². The van der Waals surface area contributed by atoms with Crippen LogP contribution in [0.2, 0.25) is 0 Å². The normalized spacial score (nSPS) is 12.9. The average Bonchev–Trinajstić information content (AvgIpc) is 2.74. The summed E-state index contributed by atoms with van der Waals surface area (Å²) in [5, 5.41) is 14.2. The van der Waals surface area contributed by atoms with Crippen LogP contribution in [-0.2, 0) is 11.2 Å². The molecule has 0 saturated carbocycles. The molecule has 0 radical (unpaired) electrons. The Morgan fingerprint density at radius 2 is 1.87 bits per heavy atom. The zero-order chi connectivity index (χ0) is 21.8. The summed E-state index contributed by atoms with van der Waals surface area (Å²) in [5.41, 5.74) is 1.75. The molecule has 9 heteroatoms. The number of aryl methyl sites for hydroxylation is 1. The van der Waals surface area contributed by atoms with Crippen molar-refractivity contribution < 1.29 is 24.0 Å². The van der Waals surface area contributed by atoms with Gasteiger partial charge in [0.15, 0.2) is 11.5 Å². The Morgan fingerprint density at radius 1 is 1.17 bits per heavy atom. The van der Waals surface area contributed by atoms with E-state index in [0.717, 1.165) is 23.7 Å². The fourth-order valence-corrected chi connectivity index (χ4v) is 3.51. The highest BCUT2D eigenvalue weighted by Gasteiger charge is 2.26. The number of rotatable bonds is 7. The van der Waals surface area contributed by atoms with Gasteiger partial charge in [-0.1, -0.05) is 6.92 Å². The SMILES string of the molecule is CCCN1C(=O)CCc2cc(NC(=O)c3cc(OC)c(OC)cc3[N+](=O)[O-])ccc21. The van der Waals surface area contributed by atoms with Crippen molar-refractivity contribution in [3.8, 4) is 11.5 Å². The molecule has 1 aliphatic heterocycles. The van der Waals surface area contributed by atoms with Gasteiger partial charge in [-0.05, 0) is 36.6 Å². The van der Waals surface area contributed by atoms with Crippen molar-refractivity contribution in [2.45, 2.75) is 26.2 Å². The van der Waals surface area contributed by atoms with Crippen LogP contribution in [0, 0.1) is 10.1 Å². The maximum absolute atomic E-state index is 12.8. The van der Waals surface area contributed by atoms with Crippen molar-refractivity contribution in [1.29, 1.82) is 0 Å². The predicted octanol–water partition coefficient (Wildman–Crippen LogP) is 3.55. The van der Waals surface area contributed by atoms with Crippen molar-refractivity contribution in [1.82, 2.24) is 0 Å². The number of hydrogen-bond acceptors (Lipinski definition) is 6. The van der Waals surface area contributed by atoms with Crippen LogP contribution in [0.5, 0.6) is 11.5 Å². The molecule has 3 rings (SSSR count). The fraction of sp³-hybridized carbons (Fsp3) is 0.333. The van der Waals surface area contributed by atoms with Crippen LogP contribution in [0.25, 0.3) is 0 Å². The Kier molecular flexibility index (Phi) is 6.20. The lowest BCUT2D eigenvalue weighted by molar-refractivity contribution is -0.385. The standard InChI is InChI=1S/C21H23N3O6/c1-4-9-23-16-7-6-14(10-13(16)5-8-20(23)25)22-21(26)15-11-18(29-2)19(30-3)12-17(15)24(27)28/h6-7,10-12H,4-5,8-9H2,1-3H3,(H,22,26). The number of nitro groups is 1. The maximum atomic E-state index is 12.8. The maximum Gasteiger partial charge on any atom is 0.286 e. The number of amides is 2. The summed E-state index contributed by atoms with van der Waals surface area (Å²) in [7, 11) is 2.75. The Balaban J connectivity index is 1.92. The van der Waals surface area contributed by atoms with Crippen LogP contribution in [0.4, 0.5) is 17.1 Å². The van der Waals surface area contributed by atoms with Crippen LogP contribution < -0.4 is 19.7 Å². The Bertz CT molecular complexity index is 1000. The minimum Gasteiger partial charge on any atom is -0.493 e. The summed E-state index contributed by atoms with van der Waals surface area (Å²) in [6.07, 6.45) is 1.83. The third kappa shape index (κ3) is 4.05. The molecule has 30 heavy (non-hydrogen) atoms. The smallest absolute Gasteiger partial charge is 0.286 e. The van der Waals surface area contributed by atoms with Crippen molar-refractivity contribution in [3.05, 3.63) is 51.6 Å². The number of methoxy groups -OCH3 is 2. The van der Waals surface area contributed by atoms with Crippen molar-refractivity contribution in [3.63, 3.8) is 0 Å². The van der Waals surface area contributed by atoms with Gasteiger partial charge >= 0.3 is 0 Å². The first kappa shape index (κ1) is 21.1. The van der Waals surface area contributed by atoms with Crippen LogP contribution in [-0.4, -0.2) is 37.5 Å². The molecule has 1 aliphatic rings. The lowest BCUT2D eigenvalue weighted by Crippen LogP contribution is -2.35. The number of carbonyl (C=O) groups is 2. The van der Waals surface area contributed by atoms with E-state index in [1.165, 1.54) is 20.3 Å². The molecule has 0 saturated heterocycles. The lowest BCUT2D eigenvalue weighted by Gasteiger charge is -2.29. The molecule has 2 aromatic carbocycles. The van der Waals surface area contributed by atoms with E-state index >= 15 is 0 Å². The Morgan fingerprint density at radius 3 is 2.50 bits per heavy atom. The first-order valence-electron chi connectivity index (χ1n) is 9.54. The second kappa shape index (κ2) is 8.81. The van der Waals surface area contributed by atoms with Gasteiger partial charge in [0.25, 0.3) is 11.6 Å². The highest BCUT2D eigenvalue weighted by atomic mass is 16.6. The summed E-state index contributed by atoms with van der Waals surface area (Å²) in [5.74, 6) is -0.176. The van der Waals surface area contributed by atoms with Gasteiger partial charge in [-0.2, -0.15) is 0 Å². The van der Waals surface area contributed by atoms with Crippen molar-refractivity contribution in [2.75, 3.05) is 31.0 Å². The van der Waals surface area contributed by atoms with Gasteiger partial charge in [0.1, 0.15) is 5.56 Å². The van der Waals surface area contributed by atoms with Gasteiger partial charge < -0.3 is 19.7 Å². The first-order valence-corrected chi connectivity index (χ1v) is 9.54. The first-order chi connectivity index (χ1) is 14.4. The van der Waals surface area contributed by atoms with Gasteiger partial charge in [-0.15, -0.1) is 0 Å². The molecule has 1 N–H and O–H groups in total. The second-order valence-corrected chi connectivity index (χ2v) is 6.82. The number of nitrogens with one attached hydrogen (secondary N) is 1. The average molecular weight is 413 g/mol. The van der Waals surface area contributed by atoms with E-state index in [-0.39, 0.29) is 28.7 Å². The van der Waals surface area contributed by atoms with E-state index in [0.29, 0.717) is 25.1 Å². The monoisotopic (exact) mass is 413 g/mol. The van der Waals surface area contributed by atoms with Crippen LogP contribution >= 0.6 is 0 Å². The molecule has 0 aliphatic carbocycles. The molecule has 0 bridgehead atoms. The summed E-state index contributed by atoms with van der Waals surface area (Å²) in [6, 6.07) is 7.72. The van der Waals surface area contributed by atoms with E-state index in [4.69, 9.17) is 9.47 Å². The molecule has 0 atom stereocenters. The third-order valence-corrected chi connectivity index (χ3v) is 4.93. The summed E-state index contributed by atoms with van der Waals surface area (Å²) in [6.45, 7) is 2.64. The Labute approximate surface area is 173 Å². The summed E-state index contributed by atoms with van der Waals surface area (Å²) in [4.78, 5) is 37.6. The molecule has 0 unspecified atom stereocenters. The topological polar surface area (TPSA) is 111 Å². The third-order valence-electron chi connectivity index (χ3n) is 4.93. The van der Waals surface area contributed by atoms with E-state index in [2.05, 4.69) is 5.32 Å². The number of ether oxygens (including phenoxy) is 2. The van der Waals surface area contributed by atoms with E-state index in [9.17, 15) is 19.7 Å². The molecular weight excluding hydrogens is 390 g/mol. The molecule has 1 heterocycles. The number of nitrogens with zero attached hydrogens (tertiary/aromatic N) is 2. The van der Waals surface area contributed by atoms with Gasteiger partial charge in [-0.25, -0.2) is 0 Å².